The number of carbonyl (C=O) groups is 1. The minimum absolute atomic E-state index is 0.0390. The Morgan fingerprint density at radius 1 is 1.20 bits per heavy atom. The van der Waals surface area contributed by atoms with Gasteiger partial charge in [-0.2, -0.15) is 0 Å². The Morgan fingerprint density at radius 3 is 2.56 bits per heavy atom. The Hall–Kier alpha value is -1.77. The largest absolute Gasteiger partial charge is 0.468 e. The van der Waals surface area contributed by atoms with Crippen LogP contribution in [0.2, 0.25) is 0 Å². The Bertz CT molecular complexity index is 708. The van der Waals surface area contributed by atoms with E-state index >= 15 is 0 Å². The van der Waals surface area contributed by atoms with Gasteiger partial charge in [-0.25, -0.2) is 8.78 Å². The molecule has 0 spiro atoms. The minimum Gasteiger partial charge on any atom is -0.468 e. The molecule has 1 amide bonds. The third-order valence-electron chi connectivity index (χ3n) is 4.06. The van der Waals surface area contributed by atoms with Crippen molar-refractivity contribution in [1.82, 2.24) is 9.80 Å². The second-order valence-corrected chi connectivity index (χ2v) is 6.78. The van der Waals surface area contributed by atoms with Crippen LogP contribution >= 0.6 is 15.9 Å². The topological polar surface area (TPSA) is 48.7 Å². The van der Waals surface area contributed by atoms with Gasteiger partial charge in [-0.05, 0) is 34.1 Å². The van der Waals surface area contributed by atoms with Gasteiger partial charge in [0.1, 0.15) is 11.6 Å². The maximum atomic E-state index is 13.8. The number of halogens is 3. The first-order valence-corrected chi connectivity index (χ1v) is 8.72. The summed E-state index contributed by atoms with van der Waals surface area (Å²) in [6.07, 6.45) is 1.66. The van der Waals surface area contributed by atoms with Crippen LogP contribution in [0.1, 0.15) is 5.76 Å². The summed E-state index contributed by atoms with van der Waals surface area (Å²) in [5, 5.41) is 2.50. The lowest BCUT2D eigenvalue weighted by atomic mass is 10.2. The van der Waals surface area contributed by atoms with Gasteiger partial charge in [0.2, 0.25) is 5.91 Å². The summed E-state index contributed by atoms with van der Waals surface area (Å²) in [5.74, 6) is -0.910. The lowest BCUT2D eigenvalue weighted by molar-refractivity contribution is -0.117. The molecule has 0 aliphatic carbocycles. The summed E-state index contributed by atoms with van der Waals surface area (Å²) < 4.78 is 32.4. The molecular weight excluding hydrogens is 396 g/mol. The number of nitrogens with zero attached hydrogens (tertiary/aromatic N) is 2. The van der Waals surface area contributed by atoms with E-state index in [-0.39, 0.29) is 22.6 Å². The first-order chi connectivity index (χ1) is 12.0. The predicted molar refractivity (Wildman–Crippen MR) is 93.1 cm³/mol. The van der Waals surface area contributed by atoms with Crippen molar-refractivity contribution < 1.29 is 18.0 Å². The van der Waals surface area contributed by atoms with Crippen molar-refractivity contribution in [2.24, 2.45) is 0 Å². The Balaban J connectivity index is 1.48. The van der Waals surface area contributed by atoms with E-state index in [1.54, 1.807) is 6.26 Å². The van der Waals surface area contributed by atoms with Crippen LogP contribution in [-0.4, -0.2) is 48.4 Å². The predicted octanol–water partition coefficient (Wildman–Crippen LogP) is 3.08. The average Bonchev–Trinajstić information content (AvgIpc) is 3.06. The molecule has 0 radical (unpaired) electrons. The van der Waals surface area contributed by atoms with Crippen LogP contribution in [0.4, 0.5) is 14.5 Å². The molecule has 1 aliphatic heterocycles. The molecule has 5 nitrogen and oxygen atoms in total. The van der Waals surface area contributed by atoms with Crippen LogP contribution < -0.4 is 5.32 Å². The van der Waals surface area contributed by atoms with Gasteiger partial charge in [0.25, 0.3) is 0 Å². The number of anilines is 1. The molecule has 0 unspecified atom stereocenters. The second kappa shape index (κ2) is 8.07. The fourth-order valence-electron chi connectivity index (χ4n) is 2.77. The highest BCUT2D eigenvalue weighted by atomic mass is 79.9. The average molecular weight is 414 g/mol. The van der Waals surface area contributed by atoms with Crippen molar-refractivity contribution >= 4 is 27.5 Å². The molecule has 3 rings (SSSR count). The molecule has 1 N–H and O–H groups in total. The van der Waals surface area contributed by atoms with Gasteiger partial charge in [0.15, 0.2) is 5.82 Å². The number of rotatable bonds is 5. The van der Waals surface area contributed by atoms with E-state index in [1.165, 1.54) is 0 Å². The fourth-order valence-corrected chi connectivity index (χ4v) is 3.28. The van der Waals surface area contributed by atoms with Gasteiger partial charge in [-0.15, -0.1) is 0 Å². The summed E-state index contributed by atoms with van der Waals surface area (Å²) in [4.78, 5) is 16.4. The summed E-state index contributed by atoms with van der Waals surface area (Å²) in [6.45, 7) is 4.03. The van der Waals surface area contributed by atoms with Gasteiger partial charge in [0.05, 0.1) is 25.0 Å². The zero-order valence-corrected chi connectivity index (χ0v) is 15.1. The van der Waals surface area contributed by atoms with Crippen molar-refractivity contribution in [2.45, 2.75) is 6.54 Å². The first kappa shape index (κ1) is 18.0. The van der Waals surface area contributed by atoms with E-state index in [0.29, 0.717) is 0 Å². The van der Waals surface area contributed by atoms with Crippen LogP contribution in [-0.2, 0) is 11.3 Å². The smallest absolute Gasteiger partial charge is 0.238 e. The normalized spacial score (nSPS) is 16.1. The zero-order valence-electron chi connectivity index (χ0n) is 13.5. The molecule has 8 heteroatoms. The van der Waals surface area contributed by atoms with Crippen molar-refractivity contribution in [3.05, 3.63) is 52.4 Å². The molecule has 1 aliphatic rings. The molecule has 1 saturated heterocycles. The lowest BCUT2D eigenvalue weighted by Gasteiger charge is -2.33. The van der Waals surface area contributed by atoms with Gasteiger partial charge >= 0.3 is 0 Å². The van der Waals surface area contributed by atoms with Gasteiger partial charge in [-0.3, -0.25) is 14.6 Å². The molecule has 0 saturated carbocycles. The third-order valence-corrected chi connectivity index (χ3v) is 4.69. The van der Waals surface area contributed by atoms with Crippen LogP contribution in [0.15, 0.2) is 39.4 Å². The number of hydrogen-bond acceptors (Lipinski definition) is 4. The summed E-state index contributed by atoms with van der Waals surface area (Å²) in [5.41, 5.74) is -0.0390. The third kappa shape index (κ3) is 4.87. The van der Waals surface area contributed by atoms with E-state index < -0.39 is 11.6 Å². The first-order valence-electron chi connectivity index (χ1n) is 7.93. The van der Waals surface area contributed by atoms with Gasteiger partial charge < -0.3 is 9.73 Å². The van der Waals surface area contributed by atoms with Crippen LogP contribution in [0.3, 0.4) is 0 Å². The van der Waals surface area contributed by atoms with Gasteiger partial charge in [0, 0.05) is 36.7 Å². The Kier molecular flexibility index (Phi) is 5.82. The molecular formula is C17H18BrF2N3O2. The van der Waals surface area contributed by atoms with E-state index in [0.717, 1.165) is 50.6 Å². The molecule has 1 aromatic heterocycles. The van der Waals surface area contributed by atoms with Crippen LogP contribution in [0.5, 0.6) is 0 Å². The number of nitrogens with one attached hydrogen (secondary N) is 1. The van der Waals surface area contributed by atoms with E-state index in [1.807, 2.05) is 17.0 Å². The van der Waals surface area contributed by atoms with E-state index in [9.17, 15) is 13.6 Å². The summed E-state index contributed by atoms with van der Waals surface area (Å²) in [6, 6.07) is 5.66. The molecule has 1 aromatic carbocycles. The zero-order chi connectivity index (χ0) is 17.8. The molecule has 2 aromatic rings. The van der Waals surface area contributed by atoms with Crippen molar-refractivity contribution in [2.75, 3.05) is 38.0 Å². The standard InChI is InChI=1S/C17H18BrF2N3O2/c18-14-8-12(19)9-15(20)17(14)21-16(24)11-23-5-3-22(4-6-23)10-13-2-1-7-25-13/h1-2,7-9H,3-6,10-11H2,(H,21,24). The number of piperazine rings is 1. The Labute approximate surface area is 152 Å². The van der Waals surface area contributed by atoms with Crippen molar-refractivity contribution in [3.8, 4) is 0 Å². The number of hydrogen-bond donors (Lipinski definition) is 1. The molecule has 0 bridgehead atoms. The van der Waals surface area contributed by atoms with Crippen molar-refractivity contribution in [3.63, 3.8) is 0 Å². The van der Waals surface area contributed by atoms with Crippen LogP contribution in [0, 0.1) is 11.6 Å². The number of amides is 1. The summed E-state index contributed by atoms with van der Waals surface area (Å²) in [7, 11) is 0. The van der Waals surface area contributed by atoms with Gasteiger partial charge in [-0.1, -0.05) is 0 Å². The molecule has 134 valence electrons. The lowest BCUT2D eigenvalue weighted by Crippen LogP contribution is -2.48. The van der Waals surface area contributed by atoms with E-state index in [2.05, 4.69) is 26.1 Å². The highest BCUT2D eigenvalue weighted by Crippen LogP contribution is 2.26. The molecule has 1 fully saturated rings. The SMILES string of the molecule is O=C(CN1CCN(Cc2ccco2)CC1)Nc1c(F)cc(F)cc1Br. The molecule has 0 atom stereocenters. The number of carbonyl (C=O) groups excluding carboxylic acids is 1. The van der Waals surface area contributed by atoms with E-state index in [4.69, 9.17) is 4.42 Å². The highest BCUT2D eigenvalue weighted by Gasteiger charge is 2.20. The quantitative estimate of drug-likeness (QED) is 0.817. The molecule has 25 heavy (non-hydrogen) atoms. The highest BCUT2D eigenvalue weighted by molar-refractivity contribution is 9.10. The summed E-state index contributed by atoms with van der Waals surface area (Å²) >= 11 is 3.06. The molecule has 2 heterocycles. The minimum atomic E-state index is -0.802. The maximum absolute atomic E-state index is 13.8. The number of furan rings is 1. The second-order valence-electron chi connectivity index (χ2n) is 5.92. The fraction of sp³-hybridized carbons (Fsp3) is 0.353. The van der Waals surface area contributed by atoms with Crippen molar-refractivity contribution in [1.29, 1.82) is 0 Å². The monoisotopic (exact) mass is 413 g/mol. The Morgan fingerprint density at radius 2 is 1.92 bits per heavy atom. The number of benzene rings is 1. The van der Waals surface area contributed by atoms with Crippen LogP contribution in [0.25, 0.3) is 0 Å². The maximum Gasteiger partial charge on any atom is 0.238 e.